The molecular formula is C7H15NO2. The normalized spacial score (nSPS) is 13.8. The van der Waals surface area contributed by atoms with E-state index in [0.717, 1.165) is 0 Å². The molecular weight excluding hydrogens is 130 g/mol. The van der Waals surface area contributed by atoms with Gasteiger partial charge in [-0.3, -0.25) is 0 Å². The zero-order valence-corrected chi connectivity index (χ0v) is 6.97. The molecule has 0 aliphatic carbocycles. The second-order valence-corrected chi connectivity index (χ2v) is 2.31. The lowest BCUT2D eigenvalue weighted by Crippen LogP contribution is -2.27. The van der Waals surface area contributed by atoms with Gasteiger partial charge in [-0.05, 0) is 19.9 Å². The molecule has 10 heavy (non-hydrogen) atoms. The zero-order valence-electron chi connectivity index (χ0n) is 6.97. The van der Waals surface area contributed by atoms with Crippen LogP contribution in [0, 0.1) is 0 Å². The van der Waals surface area contributed by atoms with Crippen molar-refractivity contribution in [3.8, 4) is 0 Å². The monoisotopic (exact) mass is 145 g/mol. The van der Waals surface area contributed by atoms with E-state index in [1.165, 1.54) is 0 Å². The van der Waals surface area contributed by atoms with E-state index >= 15 is 0 Å². The lowest BCUT2D eigenvalue weighted by atomic mass is 10.2. The first kappa shape index (κ1) is 9.46. The SMILES string of the molecule is COC(C)(/C=C(\C)N)OC. The Labute approximate surface area is 61.8 Å². The van der Waals surface area contributed by atoms with Crippen LogP contribution in [0.2, 0.25) is 0 Å². The van der Waals surface area contributed by atoms with E-state index in [0.29, 0.717) is 5.70 Å². The number of rotatable bonds is 3. The van der Waals surface area contributed by atoms with Crippen LogP contribution in [0.15, 0.2) is 11.8 Å². The maximum atomic E-state index is 5.43. The summed E-state index contributed by atoms with van der Waals surface area (Å²) in [5, 5.41) is 0. The van der Waals surface area contributed by atoms with Crippen LogP contribution in [0.5, 0.6) is 0 Å². The van der Waals surface area contributed by atoms with Gasteiger partial charge in [0, 0.05) is 19.9 Å². The maximum Gasteiger partial charge on any atom is 0.186 e. The first-order valence-electron chi connectivity index (χ1n) is 3.09. The largest absolute Gasteiger partial charge is 0.402 e. The van der Waals surface area contributed by atoms with E-state index in [1.54, 1.807) is 34.1 Å². The third-order valence-corrected chi connectivity index (χ3v) is 1.30. The Bertz CT molecular complexity index is 124. The molecule has 0 aromatic heterocycles. The van der Waals surface area contributed by atoms with Crippen molar-refractivity contribution < 1.29 is 9.47 Å². The fourth-order valence-corrected chi connectivity index (χ4v) is 0.615. The summed E-state index contributed by atoms with van der Waals surface area (Å²) in [6, 6.07) is 0. The molecule has 0 radical (unpaired) electrons. The molecule has 0 saturated carbocycles. The van der Waals surface area contributed by atoms with Crippen molar-refractivity contribution in [2.24, 2.45) is 5.73 Å². The van der Waals surface area contributed by atoms with E-state index in [-0.39, 0.29) is 0 Å². The second kappa shape index (κ2) is 3.58. The van der Waals surface area contributed by atoms with Crippen molar-refractivity contribution in [1.29, 1.82) is 0 Å². The van der Waals surface area contributed by atoms with Crippen molar-refractivity contribution in [2.75, 3.05) is 14.2 Å². The van der Waals surface area contributed by atoms with Crippen molar-refractivity contribution >= 4 is 0 Å². The second-order valence-electron chi connectivity index (χ2n) is 2.31. The zero-order chi connectivity index (χ0) is 8.20. The van der Waals surface area contributed by atoms with E-state index < -0.39 is 5.79 Å². The van der Waals surface area contributed by atoms with Gasteiger partial charge in [-0.15, -0.1) is 0 Å². The molecule has 3 heteroatoms. The van der Waals surface area contributed by atoms with Gasteiger partial charge in [-0.1, -0.05) is 0 Å². The van der Waals surface area contributed by atoms with Crippen LogP contribution in [0.4, 0.5) is 0 Å². The molecule has 0 atom stereocenters. The van der Waals surface area contributed by atoms with Crippen LogP contribution in [0.1, 0.15) is 13.8 Å². The molecule has 0 heterocycles. The fourth-order valence-electron chi connectivity index (χ4n) is 0.615. The van der Waals surface area contributed by atoms with Crippen LogP contribution in [-0.2, 0) is 9.47 Å². The molecule has 0 aromatic carbocycles. The van der Waals surface area contributed by atoms with Gasteiger partial charge in [0.1, 0.15) is 0 Å². The summed E-state index contributed by atoms with van der Waals surface area (Å²) < 4.78 is 10.0. The maximum absolute atomic E-state index is 5.43. The highest BCUT2D eigenvalue weighted by molar-refractivity contribution is 5.00. The van der Waals surface area contributed by atoms with E-state index in [9.17, 15) is 0 Å². The van der Waals surface area contributed by atoms with Gasteiger partial charge >= 0.3 is 0 Å². The number of hydrogen-bond donors (Lipinski definition) is 1. The Morgan fingerprint density at radius 3 is 1.90 bits per heavy atom. The van der Waals surface area contributed by atoms with Gasteiger partial charge in [0.15, 0.2) is 5.79 Å². The van der Waals surface area contributed by atoms with E-state index in [4.69, 9.17) is 15.2 Å². The van der Waals surface area contributed by atoms with E-state index in [2.05, 4.69) is 0 Å². The summed E-state index contributed by atoms with van der Waals surface area (Å²) in [5.41, 5.74) is 6.12. The number of hydrogen-bond acceptors (Lipinski definition) is 3. The molecule has 0 bridgehead atoms. The topological polar surface area (TPSA) is 44.5 Å². The highest BCUT2D eigenvalue weighted by Gasteiger charge is 2.18. The fraction of sp³-hybridized carbons (Fsp3) is 0.714. The predicted molar refractivity (Wildman–Crippen MR) is 40.4 cm³/mol. The highest BCUT2D eigenvalue weighted by Crippen LogP contribution is 2.11. The van der Waals surface area contributed by atoms with Gasteiger partial charge in [-0.25, -0.2) is 0 Å². The molecule has 0 fully saturated rings. The Kier molecular flexibility index (Phi) is 3.39. The number of ether oxygens (including phenoxy) is 2. The Balaban J connectivity index is 4.20. The van der Waals surface area contributed by atoms with E-state index in [1.807, 2.05) is 0 Å². The molecule has 0 aliphatic rings. The predicted octanol–water partition coefficient (Wildman–Crippen LogP) is 0.858. The molecule has 3 nitrogen and oxygen atoms in total. The van der Waals surface area contributed by atoms with Gasteiger partial charge in [-0.2, -0.15) is 0 Å². The van der Waals surface area contributed by atoms with Crippen molar-refractivity contribution in [3.63, 3.8) is 0 Å². The van der Waals surface area contributed by atoms with Crippen LogP contribution < -0.4 is 5.73 Å². The summed E-state index contributed by atoms with van der Waals surface area (Å²) in [5.74, 6) is -0.682. The Morgan fingerprint density at radius 1 is 1.40 bits per heavy atom. The Hall–Kier alpha value is -0.540. The Morgan fingerprint density at radius 2 is 1.80 bits per heavy atom. The van der Waals surface area contributed by atoms with Crippen molar-refractivity contribution in [2.45, 2.75) is 19.6 Å². The minimum atomic E-state index is -0.682. The van der Waals surface area contributed by atoms with Crippen LogP contribution in [0.25, 0.3) is 0 Å². The van der Waals surface area contributed by atoms with Crippen LogP contribution in [0.3, 0.4) is 0 Å². The van der Waals surface area contributed by atoms with Gasteiger partial charge in [0.2, 0.25) is 0 Å². The number of nitrogens with two attached hydrogens (primary N) is 1. The van der Waals surface area contributed by atoms with Gasteiger partial charge < -0.3 is 15.2 Å². The average Bonchev–Trinajstić information content (AvgIpc) is 1.87. The van der Waals surface area contributed by atoms with Gasteiger partial charge in [0.25, 0.3) is 0 Å². The lowest BCUT2D eigenvalue weighted by molar-refractivity contribution is -0.156. The van der Waals surface area contributed by atoms with Crippen molar-refractivity contribution in [1.82, 2.24) is 0 Å². The molecule has 2 N–H and O–H groups in total. The number of allylic oxidation sites excluding steroid dienone is 1. The summed E-state index contributed by atoms with van der Waals surface area (Å²) in [6.07, 6.45) is 1.72. The molecule has 0 amide bonds. The molecule has 0 unspecified atom stereocenters. The van der Waals surface area contributed by atoms with Crippen molar-refractivity contribution in [3.05, 3.63) is 11.8 Å². The highest BCUT2D eigenvalue weighted by atomic mass is 16.7. The quantitative estimate of drug-likeness (QED) is 0.599. The number of methoxy groups -OCH3 is 2. The summed E-state index contributed by atoms with van der Waals surface area (Å²) in [6.45, 7) is 3.58. The first-order chi connectivity index (χ1) is 4.54. The minimum absolute atomic E-state index is 0.682. The smallest absolute Gasteiger partial charge is 0.186 e. The summed E-state index contributed by atoms with van der Waals surface area (Å²) in [4.78, 5) is 0. The average molecular weight is 145 g/mol. The first-order valence-corrected chi connectivity index (χ1v) is 3.09. The van der Waals surface area contributed by atoms with Crippen LogP contribution >= 0.6 is 0 Å². The molecule has 0 spiro atoms. The minimum Gasteiger partial charge on any atom is -0.402 e. The third-order valence-electron chi connectivity index (χ3n) is 1.30. The third kappa shape index (κ3) is 2.85. The molecule has 0 aromatic rings. The van der Waals surface area contributed by atoms with Gasteiger partial charge in [0.05, 0.1) is 0 Å². The summed E-state index contributed by atoms with van der Waals surface area (Å²) >= 11 is 0. The van der Waals surface area contributed by atoms with Crippen LogP contribution in [-0.4, -0.2) is 20.0 Å². The molecule has 0 aliphatic heterocycles. The summed E-state index contributed by atoms with van der Waals surface area (Å²) in [7, 11) is 3.14. The standard InChI is InChI=1S/C7H15NO2/c1-6(8)5-7(2,9-3)10-4/h5H,8H2,1-4H3/b6-5+. The molecule has 0 rings (SSSR count). The molecule has 0 saturated heterocycles. The lowest BCUT2D eigenvalue weighted by Gasteiger charge is -2.22. The molecule has 60 valence electrons.